The smallest absolute Gasteiger partial charge is 0.264 e. The van der Waals surface area contributed by atoms with Gasteiger partial charge in [-0.2, -0.15) is 0 Å². The molecule has 166 valence electrons. The summed E-state index contributed by atoms with van der Waals surface area (Å²) in [5.41, 5.74) is 3.83. The molecule has 0 radical (unpaired) electrons. The van der Waals surface area contributed by atoms with E-state index in [-0.39, 0.29) is 10.8 Å². The number of hydrogen-bond acceptors (Lipinski definition) is 3. The molecule has 5 rings (SSSR count). The summed E-state index contributed by atoms with van der Waals surface area (Å²) in [6.45, 7) is 2.37. The number of benzene rings is 4. The maximum absolute atomic E-state index is 13.3. The van der Waals surface area contributed by atoms with E-state index >= 15 is 0 Å². The molecule has 1 aliphatic heterocycles. The molecule has 1 aliphatic rings. The van der Waals surface area contributed by atoms with Gasteiger partial charge in [0.2, 0.25) is 0 Å². The molecule has 0 fully saturated rings. The second-order valence-electron chi connectivity index (χ2n) is 8.35. The Morgan fingerprint density at radius 1 is 0.879 bits per heavy atom. The summed E-state index contributed by atoms with van der Waals surface area (Å²) in [6.07, 6.45) is 1.48. The highest BCUT2D eigenvalue weighted by molar-refractivity contribution is 7.92. The lowest BCUT2D eigenvalue weighted by Crippen LogP contribution is -2.35. The van der Waals surface area contributed by atoms with Gasteiger partial charge in [0.1, 0.15) is 0 Å². The molecule has 6 heteroatoms. The molecule has 0 saturated carbocycles. The molecular weight excluding hydrogens is 432 g/mol. The first kappa shape index (κ1) is 21.2. The summed E-state index contributed by atoms with van der Waals surface area (Å²) in [5.74, 6) is -0.194. The number of nitrogens with one attached hydrogen (secondary N) is 1. The lowest BCUT2D eigenvalue weighted by atomic mass is 10.0. The van der Waals surface area contributed by atoms with Crippen molar-refractivity contribution >= 4 is 38.1 Å². The van der Waals surface area contributed by atoms with E-state index in [4.69, 9.17) is 0 Å². The van der Waals surface area contributed by atoms with E-state index in [0.29, 0.717) is 23.5 Å². The lowest BCUT2D eigenvalue weighted by molar-refractivity contribution is 0.102. The number of amides is 1. The summed E-state index contributed by atoms with van der Waals surface area (Å²) in [4.78, 5) is 13.1. The van der Waals surface area contributed by atoms with Gasteiger partial charge in [-0.25, -0.2) is 8.42 Å². The standard InChI is InChI=1S/C27H24N2O3S/c1-19-8-13-25(14-9-19)33(31,32)29-16-4-7-22-18-24(12-15-26(22)29)28-27(30)23-11-10-20-5-2-3-6-21(20)17-23/h2-3,5-6,8-15,17-18H,4,7,16H2,1H3,(H,28,30). The van der Waals surface area contributed by atoms with Crippen LogP contribution in [-0.2, 0) is 16.4 Å². The maximum atomic E-state index is 13.3. The zero-order valence-electron chi connectivity index (χ0n) is 18.3. The zero-order chi connectivity index (χ0) is 23.0. The fourth-order valence-electron chi connectivity index (χ4n) is 4.26. The molecule has 4 aromatic carbocycles. The third-order valence-electron chi connectivity index (χ3n) is 6.03. The Morgan fingerprint density at radius 3 is 2.42 bits per heavy atom. The number of hydrogen-bond donors (Lipinski definition) is 1. The Labute approximate surface area is 193 Å². The normalized spacial score (nSPS) is 13.5. The van der Waals surface area contributed by atoms with Crippen molar-refractivity contribution in [1.82, 2.24) is 0 Å². The number of anilines is 2. The van der Waals surface area contributed by atoms with Gasteiger partial charge in [0.15, 0.2) is 0 Å². The van der Waals surface area contributed by atoms with Crippen LogP contribution in [0.25, 0.3) is 10.8 Å². The van der Waals surface area contributed by atoms with Crippen LogP contribution in [0.1, 0.15) is 27.9 Å². The fourth-order valence-corrected chi connectivity index (χ4v) is 5.80. The second-order valence-corrected chi connectivity index (χ2v) is 10.2. The summed E-state index contributed by atoms with van der Waals surface area (Å²) >= 11 is 0. The first-order chi connectivity index (χ1) is 15.9. The van der Waals surface area contributed by atoms with Crippen molar-refractivity contribution in [2.75, 3.05) is 16.2 Å². The minimum absolute atomic E-state index is 0.194. The van der Waals surface area contributed by atoms with Gasteiger partial charge in [-0.15, -0.1) is 0 Å². The van der Waals surface area contributed by atoms with Gasteiger partial charge in [0, 0.05) is 17.8 Å². The maximum Gasteiger partial charge on any atom is 0.264 e. The molecule has 4 aromatic rings. The van der Waals surface area contributed by atoms with Crippen LogP contribution >= 0.6 is 0 Å². The van der Waals surface area contributed by atoms with Crippen LogP contribution in [0, 0.1) is 6.92 Å². The number of aryl methyl sites for hydroxylation is 2. The lowest BCUT2D eigenvalue weighted by Gasteiger charge is -2.31. The number of carbonyl (C=O) groups is 1. The summed E-state index contributed by atoms with van der Waals surface area (Å²) in [6, 6.07) is 25.9. The van der Waals surface area contributed by atoms with Crippen LogP contribution in [0.5, 0.6) is 0 Å². The molecule has 0 unspecified atom stereocenters. The first-order valence-corrected chi connectivity index (χ1v) is 12.4. The second kappa shape index (κ2) is 8.37. The monoisotopic (exact) mass is 456 g/mol. The number of fused-ring (bicyclic) bond motifs is 2. The van der Waals surface area contributed by atoms with Gasteiger partial charge < -0.3 is 5.32 Å². The van der Waals surface area contributed by atoms with Gasteiger partial charge in [0.25, 0.3) is 15.9 Å². The van der Waals surface area contributed by atoms with E-state index < -0.39 is 10.0 Å². The highest BCUT2D eigenvalue weighted by Crippen LogP contribution is 2.34. The highest BCUT2D eigenvalue weighted by atomic mass is 32.2. The molecule has 0 spiro atoms. The van der Waals surface area contributed by atoms with E-state index in [9.17, 15) is 13.2 Å². The number of sulfonamides is 1. The number of nitrogens with zero attached hydrogens (tertiary/aromatic N) is 1. The summed E-state index contributed by atoms with van der Waals surface area (Å²) < 4.78 is 28.0. The van der Waals surface area contributed by atoms with Gasteiger partial charge >= 0.3 is 0 Å². The fraction of sp³-hybridized carbons (Fsp3) is 0.148. The molecule has 33 heavy (non-hydrogen) atoms. The van der Waals surface area contributed by atoms with Crippen LogP contribution < -0.4 is 9.62 Å². The third kappa shape index (κ3) is 4.10. The van der Waals surface area contributed by atoms with Crippen LogP contribution in [-0.4, -0.2) is 20.9 Å². The van der Waals surface area contributed by atoms with E-state index in [0.717, 1.165) is 34.7 Å². The Morgan fingerprint density at radius 2 is 1.64 bits per heavy atom. The summed E-state index contributed by atoms with van der Waals surface area (Å²) in [5, 5.41) is 5.05. The third-order valence-corrected chi connectivity index (χ3v) is 7.86. The number of carbonyl (C=O) groups excluding carboxylic acids is 1. The molecule has 0 saturated heterocycles. The Balaban J connectivity index is 1.41. The Bertz CT molecular complexity index is 1460. The molecule has 1 heterocycles. The van der Waals surface area contributed by atoms with Crippen molar-refractivity contribution in [3.8, 4) is 0 Å². The molecule has 0 aromatic heterocycles. The van der Waals surface area contributed by atoms with Crippen molar-refractivity contribution < 1.29 is 13.2 Å². The molecule has 0 aliphatic carbocycles. The quantitative estimate of drug-likeness (QED) is 0.438. The van der Waals surface area contributed by atoms with Crippen LogP contribution in [0.4, 0.5) is 11.4 Å². The van der Waals surface area contributed by atoms with Gasteiger partial charge in [-0.05, 0) is 78.6 Å². The van der Waals surface area contributed by atoms with Crippen LogP contribution in [0.15, 0.2) is 89.8 Å². The molecule has 0 atom stereocenters. The molecular formula is C27H24N2O3S. The van der Waals surface area contributed by atoms with Crippen molar-refractivity contribution in [2.24, 2.45) is 0 Å². The Kier molecular flexibility index (Phi) is 5.38. The largest absolute Gasteiger partial charge is 0.322 e. The predicted molar refractivity (Wildman–Crippen MR) is 132 cm³/mol. The average Bonchev–Trinajstić information content (AvgIpc) is 2.83. The molecule has 1 amide bonds. The van der Waals surface area contributed by atoms with E-state index in [1.807, 2.05) is 67.6 Å². The van der Waals surface area contributed by atoms with E-state index in [1.54, 1.807) is 24.3 Å². The van der Waals surface area contributed by atoms with Crippen molar-refractivity contribution in [3.05, 3.63) is 102 Å². The van der Waals surface area contributed by atoms with E-state index in [2.05, 4.69) is 5.32 Å². The number of rotatable bonds is 4. The minimum atomic E-state index is -3.65. The van der Waals surface area contributed by atoms with Crippen LogP contribution in [0.3, 0.4) is 0 Å². The van der Waals surface area contributed by atoms with Crippen molar-refractivity contribution in [1.29, 1.82) is 0 Å². The van der Waals surface area contributed by atoms with Gasteiger partial charge in [-0.3, -0.25) is 9.10 Å². The Hall–Kier alpha value is -3.64. The SMILES string of the molecule is Cc1ccc(S(=O)(=O)N2CCCc3cc(NC(=O)c4ccc5ccccc5c4)ccc32)cc1. The van der Waals surface area contributed by atoms with Crippen molar-refractivity contribution in [3.63, 3.8) is 0 Å². The van der Waals surface area contributed by atoms with Crippen molar-refractivity contribution in [2.45, 2.75) is 24.7 Å². The molecule has 0 bridgehead atoms. The van der Waals surface area contributed by atoms with Gasteiger partial charge in [0.05, 0.1) is 10.6 Å². The first-order valence-electron chi connectivity index (χ1n) is 10.9. The molecule has 5 nitrogen and oxygen atoms in total. The summed E-state index contributed by atoms with van der Waals surface area (Å²) in [7, 11) is -3.65. The van der Waals surface area contributed by atoms with E-state index in [1.165, 1.54) is 4.31 Å². The van der Waals surface area contributed by atoms with Gasteiger partial charge in [-0.1, -0.05) is 48.0 Å². The minimum Gasteiger partial charge on any atom is -0.322 e. The molecule has 1 N–H and O–H groups in total. The zero-order valence-corrected chi connectivity index (χ0v) is 19.1. The topological polar surface area (TPSA) is 66.5 Å². The predicted octanol–water partition coefficient (Wildman–Crippen LogP) is 5.54. The van der Waals surface area contributed by atoms with Crippen LogP contribution in [0.2, 0.25) is 0 Å². The highest BCUT2D eigenvalue weighted by Gasteiger charge is 2.29. The average molecular weight is 457 g/mol.